The monoisotopic (exact) mass is 416 g/mol. The van der Waals surface area contributed by atoms with Gasteiger partial charge in [0.1, 0.15) is 0 Å². The molecule has 4 rings (SSSR count). The van der Waals surface area contributed by atoms with Gasteiger partial charge in [-0.3, -0.25) is 4.79 Å². The van der Waals surface area contributed by atoms with Crippen molar-refractivity contribution in [3.05, 3.63) is 12.2 Å². The van der Waals surface area contributed by atoms with Crippen molar-refractivity contribution in [3.63, 3.8) is 0 Å². The molecular formula is C25H40N2O3. The fourth-order valence-corrected chi connectivity index (χ4v) is 7.68. The van der Waals surface area contributed by atoms with E-state index in [-0.39, 0.29) is 17.4 Å². The second-order valence-electron chi connectivity index (χ2n) is 11.3. The number of likely N-dealkylation sites (N-methyl/N-ethyl adjacent to an activating group) is 1. The zero-order chi connectivity index (χ0) is 21.7. The van der Waals surface area contributed by atoms with E-state index in [0.29, 0.717) is 35.8 Å². The van der Waals surface area contributed by atoms with Gasteiger partial charge in [0, 0.05) is 25.0 Å². The van der Waals surface area contributed by atoms with Crippen LogP contribution < -0.4 is 5.32 Å². The highest BCUT2D eigenvalue weighted by Gasteiger charge is 2.60. The molecule has 3 fully saturated rings. The van der Waals surface area contributed by atoms with Crippen LogP contribution in [0.15, 0.2) is 12.2 Å². The maximum Gasteiger partial charge on any atom is 0.407 e. The van der Waals surface area contributed by atoms with Crippen molar-refractivity contribution in [3.8, 4) is 0 Å². The summed E-state index contributed by atoms with van der Waals surface area (Å²) in [5.41, 5.74) is 0.402. The van der Waals surface area contributed by atoms with E-state index in [4.69, 9.17) is 4.74 Å². The molecule has 0 bridgehead atoms. The second-order valence-corrected chi connectivity index (χ2v) is 11.3. The highest BCUT2D eigenvalue weighted by Crippen LogP contribution is 2.65. The zero-order valence-corrected chi connectivity index (χ0v) is 19.4. The van der Waals surface area contributed by atoms with Gasteiger partial charge in [-0.05, 0) is 79.6 Å². The fourth-order valence-electron chi connectivity index (χ4n) is 7.68. The lowest BCUT2D eigenvalue weighted by atomic mass is 9.47. The molecule has 2 unspecified atom stereocenters. The SMILES string of the molecule is CC(C)COC(=O)NCC1CC[C@H]2[C@@H]3CCC4N(C)C(=O)C=C[C@]4(C)[C@@H]3CC[C@]12C. The Balaban J connectivity index is 1.44. The highest BCUT2D eigenvalue weighted by molar-refractivity contribution is 5.89. The normalized spacial score (nSPS) is 42.5. The van der Waals surface area contributed by atoms with Crippen LogP contribution in [0.3, 0.4) is 0 Å². The van der Waals surface area contributed by atoms with Gasteiger partial charge in [-0.25, -0.2) is 4.79 Å². The van der Waals surface area contributed by atoms with E-state index < -0.39 is 0 Å². The van der Waals surface area contributed by atoms with Crippen molar-refractivity contribution in [2.24, 2.45) is 40.4 Å². The van der Waals surface area contributed by atoms with Crippen LogP contribution in [0.5, 0.6) is 0 Å². The van der Waals surface area contributed by atoms with Crippen molar-refractivity contribution in [2.75, 3.05) is 20.2 Å². The molecule has 30 heavy (non-hydrogen) atoms. The average molecular weight is 417 g/mol. The summed E-state index contributed by atoms with van der Waals surface area (Å²) in [6, 6.07) is 0.343. The number of hydrogen-bond donors (Lipinski definition) is 1. The zero-order valence-electron chi connectivity index (χ0n) is 19.4. The molecule has 4 aliphatic rings. The maximum absolute atomic E-state index is 12.2. The van der Waals surface area contributed by atoms with Crippen LogP contribution in [0.2, 0.25) is 0 Å². The standard InChI is InChI=1S/C25H40N2O3/c1-16(2)15-30-23(29)26-14-17-6-8-19-18-7-9-21-25(4,13-11-22(28)27(21)5)20(18)10-12-24(17,19)3/h11,13,16-21H,6-10,12,14-15H2,1-5H3,(H,26,29)/t17?,18-,19-,20+,21?,24+,25+/m0/s1. The van der Waals surface area contributed by atoms with Crippen LogP contribution in [-0.4, -0.2) is 43.1 Å². The summed E-state index contributed by atoms with van der Waals surface area (Å²) in [7, 11) is 1.98. The summed E-state index contributed by atoms with van der Waals surface area (Å²) < 4.78 is 5.32. The first-order valence-corrected chi connectivity index (χ1v) is 12.0. The topological polar surface area (TPSA) is 58.6 Å². The smallest absolute Gasteiger partial charge is 0.407 e. The van der Waals surface area contributed by atoms with Crippen LogP contribution in [0.25, 0.3) is 0 Å². The Labute approximate surface area is 182 Å². The third-order valence-electron chi connectivity index (χ3n) is 9.36. The number of nitrogens with one attached hydrogen (secondary N) is 1. The molecule has 1 N–H and O–H groups in total. The highest BCUT2D eigenvalue weighted by atomic mass is 16.5. The van der Waals surface area contributed by atoms with Crippen LogP contribution in [0.4, 0.5) is 4.79 Å². The molecule has 1 aliphatic heterocycles. The van der Waals surface area contributed by atoms with E-state index in [0.717, 1.165) is 24.8 Å². The number of fused-ring (bicyclic) bond motifs is 5. The van der Waals surface area contributed by atoms with E-state index in [9.17, 15) is 9.59 Å². The molecule has 5 heteroatoms. The first-order chi connectivity index (χ1) is 14.2. The summed E-state index contributed by atoms with van der Waals surface area (Å²) in [5, 5.41) is 3.06. The minimum Gasteiger partial charge on any atom is -0.449 e. The Morgan fingerprint density at radius 1 is 1.20 bits per heavy atom. The minimum atomic E-state index is -0.266. The largest absolute Gasteiger partial charge is 0.449 e. The van der Waals surface area contributed by atoms with E-state index in [1.807, 2.05) is 18.0 Å². The predicted octanol–water partition coefficient (Wildman–Crippen LogP) is 4.62. The molecule has 0 aromatic carbocycles. The van der Waals surface area contributed by atoms with Crippen molar-refractivity contribution in [1.29, 1.82) is 0 Å². The molecule has 7 atom stereocenters. The van der Waals surface area contributed by atoms with Gasteiger partial charge in [0.2, 0.25) is 5.91 Å². The van der Waals surface area contributed by atoms with Gasteiger partial charge in [0.25, 0.3) is 0 Å². The summed E-state index contributed by atoms with van der Waals surface area (Å²) >= 11 is 0. The number of rotatable bonds is 4. The van der Waals surface area contributed by atoms with Gasteiger partial charge in [-0.2, -0.15) is 0 Å². The van der Waals surface area contributed by atoms with Crippen molar-refractivity contribution >= 4 is 12.0 Å². The maximum atomic E-state index is 12.2. The van der Waals surface area contributed by atoms with Crippen LogP contribution in [-0.2, 0) is 9.53 Å². The van der Waals surface area contributed by atoms with E-state index in [1.54, 1.807) is 0 Å². The van der Waals surface area contributed by atoms with Crippen molar-refractivity contribution < 1.29 is 14.3 Å². The number of amides is 2. The molecular weight excluding hydrogens is 376 g/mol. The van der Waals surface area contributed by atoms with Gasteiger partial charge in [-0.15, -0.1) is 0 Å². The number of hydrogen-bond acceptors (Lipinski definition) is 3. The Hall–Kier alpha value is -1.52. The van der Waals surface area contributed by atoms with Crippen LogP contribution >= 0.6 is 0 Å². The summed E-state index contributed by atoms with van der Waals surface area (Å²) in [5.74, 6) is 3.17. The molecule has 0 aromatic heterocycles. The Morgan fingerprint density at radius 3 is 2.70 bits per heavy atom. The van der Waals surface area contributed by atoms with Gasteiger partial charge in [-0.1, -0.05) is 33.8 Å². The first kappa shape index (κ1) is 21.7. The summed E-state index contributed by atoms with van der Waals surface area (Å²) in [6.07, 6.45) is 11.1. The van der Waals surface area contributed by atoms with Crippen molar-refractivity contribution in [2.45, 2.75) is 72.3 Å². The lowest BCUT2D eigenvalue weighted by molar-refractivity contribution is -0.138. The molecule has 1 heterocycles. The molecule has 5 nitrogen and oxygen atoms in total. The summed E-state index contributed by atoms with van der Waals surface area (Å²) in [4.78, 5) is 26.3. The Morgan fingerprint density at radius 2 is 1.97 bits per heavy atom. The molecule has 3 saturated carbocycles. The Kier molecular flexibility index (Phi) is 5.69. The van der Waals surface area contributed by atoms with E-state index in [1.165, 1.54) is 32.1 Å². The quantitative estimate of drug-likeness (QED) is 0.727. The van der Waals surface area contributed by atoms with Gasteiger partial charge < -0.3 is 15.0 Å². The molecule has 0 spiro atoms. The number of nitrogens with zero attached hydrogens (tertiary/aromatic N) is 1. The fraction of sp³-hybridized carbons (Fsp3) is 0.840. The summed E-state index contributed by atoms with van der Waals surface area (Å²) in [6.45, 7) is 10.2. The minimum absolute atomic E-state index is 0.101. The Bertz CT molecular complexity index is 719. The second kappa shape index (κ2) is 7.87. The van der Waals surface area contributed by atoms with Gasteiger partial charge in [0.05, 0.1) is 6.61 Å². The van der Waals surface area contributed by atoms with Gasteiger partial charge >= 0.3 is 6.09 Å². The van der Waals surface area contributed by atoms with Crippen LogP contribution in [0, 0.1) is 40.4 Å². The van der Waals surface area contributed by atoms with Gasteiger partial charge in [0.15, 0.2) is 0 Å². The van der Waals surface area contributed by atoms with E-state index in [2.05, 4.69) is 39.1 Å². The molecule has 0 radical (unpaired) electrons. The van der Waals surface area contributed by atoms with Crippen LogP contribution in [0.1, 0.15) is 66.2 Å². The molecule has 168 valence electrons. The molecule has 0 saturated heterocycles. The van der Waals surface area contributed by atoms with E-state index >= 15 is 0 Å². The third kappa shape index (κ3) is 3.46. The number of carbonyl (C=O) groups is 2. The number of alkyl carbamates (subject to hydrolysis) is 1. The molecule has 0 aromatic rings. The van der Waals surface area contributed by atoms with Crippen molar-refractivity contribution in [1.82, 2.24) is 10.2 Å². The number of ether oxygens (including phenoxy) is 1. The lowest BCUT2D eigenvalue weighted by Crippen LogP contribution is -2.59. The number of carbonyl (C=O) groups excluding carboxylic acids is 2. The average Bonchev–Trinajstić information content (AvgIpc) is 3.04. The molecule has 2 amide bonds. The third-order valence-corrected chi connectivity index (χ3v) is 9.36. The molecule has 3 aliphatic carbocycles. The first-order valence-electron chi connectivity index (χ1n) is 12.0. The predicted molar refractivity (Wildman–Crippen MR) is 118 cm³/mol. The lowest BCUT2D eigenvalue weighted by Gasteiger charge is -2.60.